The van der Waals surface area contributed by atoms with Gasteiger partial charge in [0.1, 0.15) is 0 Å². The van der Waals surface area contributed by atoms with Crippen molar-refractivity contribution in [2.24, 2.45) is 0 Å². The molecule has 1 heteroatoms. The van der Waals surface area contributed by atoms with Gasteiger partial charge >= 0.3 is 0 Å². The number of anilines is 3. The molecule has 0 amide bonds. The maximum Gasteiger partial charge on any atom is 0.0462 e. The van der Waals surface area contributed by atoms with Crippen molar-refractivity contribution in [3.63, 3.8) is 0 Å². The highest BCUT2D eigenvalue weighted by Crippen LogP contribution is 2.39. The summed E-state index contributed by atoms with van der Waals surface area (Å²) in [6.07, 6.45) is 5.38. The van der Waals surface area contributed by atoms with Gasteiger partial charge in [-0.3, -0.25) is 0 Å². The lowest BCUT2D eigenvalue weighted by atomic mass is 9.95. The Morgan fingerprint density at radius 1 is 0.308 bits per heavy atom. The van der Waals surface area contributed by atoms with Gasteiger partial charge in [-0.05, 0) is 122 Å². The molecule has 0 heterocycles. The van der Waals surface area contributed by atoms with Crippen LogP contribution in [0.2, 0.25) is 0 Å². The number of fused-ring (bicyclic) bond motifs is 1. The zero-order valence-corrected chi connectivity index (χ0v) is 29.3. The Hall–Kier alpha value is -6.18. The average molecular weight is 668 g/mol. The molecule has 9 rings (SSSR count). The molecule has 0 aliphatic heterocycles. The fraction of sp³-hybridized carbons (Fsp3) is 0.0980. The Kier molecular flexibility index (Phi) is 8.68. The fourth-order valence-electron chi connectivity index (χ4n) is 7.92. The van der Waals surface area contributed by atoms with Crippen molar-refractivity contribution in [1.82, 2.24) is 0 Å². The first kappa shape index (κ1) is 31.8. The fourth-order valence-corrected chi connectivity index (χ4v) is 7.92. The lowest BCUT2D eigenvalue weighted by molar-refractivity contribution is 0.723. The lowest BCUT2D eigenvalue weighted by Gasteiger charge is -2.26. The SMILES string of the molecule is c1ccc(-c2ccc(-c3ccc(N(c4ccc(-c5ccc(C6CCCC6)cc5)cc4)c4ccc(-c5ccc6ccccc6c5)cc4)cc3)cc2)cc1. The highest BCUT2D eigenvalue weighted by Gasteiger charge is 2.17. The minimum atomic E-state index is 0.734. The molecule has 0 N–H and O–H groups in total. The summed E-state index contributed by atoms with van der Waals surface area (Å²) in [5.41, 5.74) is 14.7. The van der Waals surface area contributed by atoms with Crippen LogP contribution in [0.1, 0.15) is 37.2 Å². The second kappa shape index (κ2) is 14.2. The van der Waals surface area contributed by atoms with Gasteiger partial charge in [0, 0.05) is 17.1 Å². The monoisotopic (exact) mass is 667 g/mol. The maximum atomic E-state index is 2.36. The van der Waals surface area contributed by atoms with Gasteiger partial charge in [0.05, 0.1) is 0 Å². The molecule has 0 unspecified atom stereocenters. The molecular formula is C51H41N. The van der Waals surface area contributed by atoms with E-state index in [1.54, 1.807) is 0 Å². The Balaban J connectivity index is 1.03. The molecule has 0 bridgehead atoms. The number of rotatable bonds is 8. The summed E-state index contributed by atoms with van der Waals surface area (Å²) >= 11 is 0. The van der Waals surface area contributed by atoms with Crippen molar-refractivity contribution in [2.45, 2.75) is 31.6 Å². The summed E-state index contributed by atoms with van der Waals surface area (Å²) < 4.78 is 0. The van der Waals surface area contributed by atoms with Crippen LogP contribution in [0.25, 0.3) is 55.3 Å². The Bertz CT molecular complexity index is 2400. The molecule has 0 radical (unpaired) electrons. The van der Waals surface area contributed by atoms with Gasteiger partial charge < -0.3 is 4.90 Å². The second-order valence-electron chi connectivity index (χ2n) is 14.1. The van der Waals surface area contributed by atoms with E-state index in [4.69, 9.17) is 0 Å². The van der Waals surface area contributed by atoms with Gasteiger partial charge in [0.2, 0.25) is 0 Å². The number of nitrogens with zero attached hydrogens (tertiary/aromatic N) is 1. The van der Waals surface area contributed by atoms with Crippen molar-refractivity contribution in [2.75, 3.05) is 4.90 Å². The number of benzene rings is 8. The molecule has 1 aliphatic rings. The molecule has 8 aromatic rings. The van der Waals surface area contributed by atoms with E-state index in [1.807, 2.05) is 0 Å². The topological polar surface area (TPSA) is 3.24 Å². The summed E-state index contributed by atoms with van der Waals surface area (Å²) in [5.74, 6) is 0.734. The van der Waals surface area contributed by atoms with Crippen LogP contribution in [-0.4, -0.2) is 0 Å². The Morgan fingerprint density at radius 3 is 1.17 bits per heavy atom. The van der Waals surface area contributed by atoms with Crippen LogP contribution in [-0.2, 0) is 0 Å². The first-order valence-electron chi connectivity index (χ1n) is 18.6. The van der Waals surface area contributed by atoms with Crippen LogP contribution in [0.4, 0.5) is 17.1 Å². The molecule has 52 heavy (non-hydrogen) atoms. The van der Waals surface area contributed by atoms with E-state index in [9.17, 15) is 0 Å². The van der Waals surface area contributed by atoms with Crippen molar-refractivity contribution in [3.05, 3.63) is 200 Å². The molecule has 250 valence electrons. The molecular weight excluding hydrogens is 627 g/mol. The Labute approximate surface area is 307 Å². The van der Waals surface area contributed by atoms with Crippen LogP contribution in [0.3, 0.4) is 0 Å². The third-order valence-corrected chi connectivity index (χ3v) is 10.9. The summed E-state index contributed by atoms with van der Waals surface area (Å²) in [5, 5.41) is 2.52. The molecule has 1 saturated carbocycles. The highest BCUT2D eigenvalue weighted by atomic mass is 15.1. The molecule has 1 fully saturated rings. The van der Waals surface area contributed by atoms with E-state index >= 15 is 0 Å². The van der Waals surface area contributed by atoms with E-state index in [-0.39, 0.29) is 0 Å². The van der Waals surface area contributed by atoms with Crippen molar-refractivity contribution in [1.29, 1.82) is 0 Å². The minimum absolute atomic E-state index is 0.734. The second-order valence-corrected chi connectivity index (χ2v) is 14.1. The van der Waals surface area contributed by atoms with Gasteiger partial charge in [0.15, 0.2) is 0 Å². The van der Waals surface area contributed by atoms with E-state index in [0.717, 1.165) is 23.0 Å². The van der Waals surface area contributed by atoms with Crippen LogP contribution >= 0.6 is 0 Å². The summed E-state index contributed by atoms with van der Waals surface area (Å²) in [6.45, 7) is 0. The van der Waals surface area contributed by atoms with Gasteiger partial charge in [0.25, 0.3) is 0 Å². The van der Waals surface area contributed by atoms with Crippen LogP contribution < -0.4 is 4.90 Å². The molecule has 0 aromatic heterocycles. The van der Waals surface area contributed by atoms with Crippen molar-refractivity contribution in [3.8, 4) is 44.5 Å². The predicted octanol–water partition coefficient (Wildman–Crippen LogP) is 14.6. The molecule has 1 nitrogen and oxygen atoms in total. The third-order valence-electron chi connectivity index (χ3n) is 10.9. The van der Waals surface area contributed by atoms with E-state index in [0.29, 0.717) is 0 Å². The zero-order chi connectivity index (χ0) is 34.7. The first-order chi connectivity index (χ1) is 25.7. The zero-order valence-electron chi connectivity index (χ0n) is 29.3. The summed E-state index contributed by atoms with van der Waals surface area (Å²) in [6, 6.07) is 71.0. The van der Waals surface area contributed by atoms with Crippen LogP contribution in [0, 0.1) is 0 Å². The van der Waals surface area contributed by atoms with Gasteiger partial charge in [-0.2, -0.15) is 0 Å². The number of hydrogen-bond acceptors (Lipinski definition) is 1. The molecule has 1 aliphatic carbocycles. The van der Waals surface area contributed by atoms with E-state index in [1.165, 1.54) is 86.5 Å². The normalized spacial score (nSPS) is 13.0. The van der Waals surface area contributed by atoms with Crippen molar-refractivity contribution >= 4 is 27.8 Å². The maximum absolute atomic E-state index is 2.36. The molecule has 8 aromatic carbocycles. The molecule has 0 saturated heterocycles. The quantitative estimate of drug-likeness (QED) is 0.156. The van der Waals surface area contributed by atoms with Gasteiger partial charge in [-0.25, -0.2) is 0 Å². The lowest BCUT2D eigenvalue weighted by Crippen LogP contribution is -2.09. The molecule has 0 atom stereocenters. The van der Waals surface area contributed by atoms with Crippen LogP contribution in [0.15, 0.2) is 194 Å². The third kappa shape index (κ3) is 6.54. The van der Waals surface area contributed by atoms with Crippen molar-refractivity contribution < 1.29 is 0 Å². The van der Waals surface area contributed by atoms with E-state index < -0.39 is 0 Å². The predicted molar refractivity (Wildman–Crippen MR) is 222 cm³/mol. The first-order valence-corrected chi connectivity index (χ1v) is 18.6. The standard InChI is InChI=1S/C51H41N/c1-2-8-37(9-3-1)40-14-18-42(19-15-40)44-24-30-49(31-25-44)52(51-34-28-46(29-35-51)48-23-22-39-12-6-7-13-47(39)36-48)50-32-26-45(27-33-50)43-20-16-41(17-21-43)38-10-4-5-11-38/h1-3,6-9,12-36,38H,4-5,10-11H2. The number of hydrogen-bond donors (Lipinski definition) is 0. The largest absolute Gasteiger partial charge is 0.311 e. The highest BCUT2D eigenvalue weighted by molar-refractivity contribution is 5.88. The Morgan fingerprint density at radius 2 is 0.673 bits per heavy atom. The summed E-state index contributed by atoms with van der Waals surface area (Å²) in [4.78, 5) is 2.36. The van der Waals surface area contributed by atoms with Gasteiger partial charge in [-0.15, -0.1) is 0 Å². The average Bonchev–Trinajstić information content (AvgIpc) is 3.78. The smallest absolute Gasteiger partial charge is 0.0462 e. The van der Waals surface area contributed by atoms with E-state index in [2.05, 4.69) is 199 Å². The molecule has 0 spiro atoms. The summed E-state index contributed by atoms with van der Waals surface area (Å²) in [7, 11) is 0. The van der Waals surface area contributed by atoms with Gasteiger partial charge in [-0.1, -0.05) is 165 Å². The minimum Gasteiger partial charge on any atom is -0.311 e. The van der Waals surface area contributed by atoms with Crippen LogP contribution in [0.5, 0.6) is 0 Å².